The van der Waals surface area contributed by atoms with E-state index in [0.717, 1.165) is 16.5 Å². The summed E-state index contributed by atoms with van der Waals surface area (Å²) in [5.74, 6) is 2.75. The van der Waals surface area contributed by atoms with Gasteiger partial charge in [0, 0.05) is 17.5 Å². The fraction of sp³-hybridized carbons (Fsp3) is 0.263. The maximum absolute atomic E-state index is 9.13. The van der Waals surface area contributed by atoms with E-state index in [1.165, 1.54) is 0 Å². The Labute approximate surface area is 151 Å². The molecule has 2 N–H and O–H groups in total. The molecule has 0 amide bonds. The summed E-state index contributed by atoms with van der Waals surface area (Å²) >= 11 is 0. The van der Waals surface area contributed by atoms with E-state index >= 15 is 0 Å². The fourth-order valence-electron chi connectivity index (χ4n) is 2.72. The quantitative estimate of drug-likeness (QED) is 0.674. The lowest BCUT2D eigenvalue weighted by atomic mass is 10.1. The molecule has 26 heavy (non-hydrogen) atoms. The zero-order chi connectivity index (χ0) is 18.5. The monoisotopic (exact) mass is 355 g/mol. The van der Waals surface area contributed by atoms with Crippen LogP contribution in [0.15, 0.2) is 36.4 Å². The van der Waals surface area contributed by atoms with Gasteiger partial charge in [-0.15, -0.1) is 0 Å². The summed E-state index contributed by atoms with van der Waals surface area (Å²) in [5, 5.41) is 13.2. The van der Waals surface area contributed by atoms with Gasteiger partial charge in [0.05, 0.1) is 33.5 Å². The van der Waals surface area contributed by atoms with Gasteiger partial charge in [0.15, 0.2) is 17.3 Å². The second-order valence-corrected chi connectivity index (χ2v) is 5.48. The number of rotatable bonds is 7. The maximum atomic E-state index is 9.13. The number of hydrogen-bond donors (Lipinski definition) is 2. The third kappa shape index (κ3) is 3.34. The summed E-state index contributed by atoms with van der Waals surface area (Å²) in [6, 6.07) is 11.3. The largest absolute Gasteiger partial charge is 0.493 e. The number of nitrogens with zero attached hydrogens (tertiary/aromatic N) is 2. The molecule has 0 aliphatic carbocycles. The number of methoxy groups -OCH3 is 3. The van der Waals surface area contributed by atoms with E-state index in [1.807, 2.05) is 24.3 Å². The summed E-state index contributed by atoms with van der Waals surface area (Å²) in [6.07, 6.45) is 0. The first kappa shape index (κ1) is 17.8. The number of aliphatic hydroxyl groups excluding tert-OH is 1. The number of nitrogens with one attached hydrogen (secondary N) is 1. The first-order chi connectivity index (χ1) is 12.7. The molecular weight excluding hydrogens is 334 g/mol. The normalized spacial score (nSPS) is 10.6. The Kier molecular flexibility index (Phi) is 5.38. The second kappa shape index (κ2) is 7.88. The van der Waals surface area contributed by atoms with E-state index in [1.54, 1.807) is 33.5 Å². The molecule has 0 aliphatic heterocycles. The van der Waals surface area contributed by atoms with Crippen molar-refractivity contribution < 1.29 is 19.3 Å². The average Bonchev–Trinajstić information content (AvgIpc) is 2.70. The van der Waals surface area contributed by atoms with Crippen molar-refractivity contribution in [3.63, 3.8) is 0 Å². The lowest BCUT2D eigenvalue weighted by molar-refractivity contribution is 0.311. The third-order valence-electron chi connectivity index (χ3n) is 3.93. The fourth-order valence-corrected chi connectivity index (χ4v) is 2.72. The highest BCUT2D eigenvalue weighted by molar-refractivity contribution is 5.90. The first-order valence-corrected chi connectivity index (χ1v) is 8.13. The Morgan fingerprint density at radius 1 is 0.962 bits per heavy atom. The molecule has 0 fully saturated rings. The number of para-hydroxylation sites is 1. The van der Waals surface area contributed by atoms with E-state index in [0.29, 0.717) is 35.4 Å². The van der Waals surface area contributed by atoms with Gasteiger partial charge in [-0.2, -0.15) is 0 Å². The molecule has 3 aromatic rings. The minimum atomic E-state index is 0.0118. The van der Waals surface area contributed by atoms with Gasteiger partial charge in [-0.3, -0.25) is 0 Å². The number of aromatic nitrogens is 2. The molecule has 0 atom stereocenters. The van der Waals surface area contributed by atoms with Crippen molar-refractivity contribution in [3.8, 4) is 28.6 Å². The van der Waals surface area contributed by atoms with Gasteiger partial charge in [-0.25, -0.2) is 9.97 Å². The summed E-state index contributed by atoms with van der Waals surface area (Å²) in [7, 11) is 4.69. The number of aliphatic hydroxyl groups is 1. The van der Waals surface area contributed by atoms with Crippen LogP contribution in [0.5, 0.6) is 17.2 Å². The molecule has 136 valence electrons. The van der Waals surface area contributed by atoms with Gasteiger partial charge in [-0.05, 0) is 24.3 Å². The molecular formula is C19H21N3O4. The number of fused-ring (bicyclic) bond motifs is 1. The molecule has 3 rings (SSSR count). The second-order valence-electron chi connectivity index (χ2n) is 5.48. The van der Waals surface area contributed by atoms with Crippen molar-refractivity contribution in [2.75, 3.05) is 39.8 Å². The minimum Gasteiger partial charge on any atom is -0.493 e. The van der Waals surface area contributed by atoms with E-state index < -0.39 is 0 Å². The Morgan fingerprint density at radius 3 is 2.27 bits per heavy atom. The van der Waals surface area contributed by atoms with Gasteiger partial charge in [0.2, 0.25) is 5.75 Å². The van der Waals surface area contributed by atoms with Crippen molar-refractivity contribution in [3.05, 3.63) is 36.4 Å². The van der Waals surface area contributed by atoms with Crippen molar-refractivity contribution in [1.82, 2.24) is 9.97 Å². The molecule has 1 aromatic heterocycles. The zero-order valence-corrected chi connectivity index (χ0v) is 14.9. The molecule has 0 unspecified atom stereocenters. The van der Waals surface area contributed by atoms with Crippen LogP contribution in [-0.2, 0) is 0 Å². The summed E-state index contributed by atoms with van der Waals surface area (Å²) in [6.45, 7) is 0.410. The standard InChI is InChI=1S/C19H21N3O4/c1-24-15-10-12(11-16(25-2)17(15)26-3)18-21-14-7-5-4-6-13(14)19(22-18)20-8-9-23/h4-7,10-11,23H,8-9H2,1-3H3,(H,20,21,22). The molecule has 0 spiro atoms. The van der Waals surface area contributed by atoms with Crippen LogP contribution in [0.2, 0.25) is 0 Å². The SMILES string of the molecule is COc1cc(-c2nc(NCCO)c3ccccc3n2)cc(OC)c1OC. The van der Waals surface area contributed by atoms with Crippen LogP contribution in [0.1, 0.15) is 0 Å². The van der Waals surface area contributed by atoms with Crippen molar-refractivity contribution in [1.29, 1.82) is 0 Å². The van der Waals surface area contributed by atoms with Crippen LogP contribution >= 0.6 is 0 Å². The molecule has 7 heteroatoms. The number of ether oxygens (including phenoxy) is 3. The Morgan fingerprint density at radius 2 is 1.65 bits per heavy atom. The van der Waals surface area contributed by atoms with E-state index in [2.05, 4.69) is 15.3 Å². The number of hydrogen-bond acceptors (Lipinski definition) is 7. The lowest BCUT2D eigenvalue weighted by Gasteiger charge is -2.15. The summed E-state index contributed by atoms with van der Waals surface area (Å²) in [5.41, 5.74) is 1.53. The van der Waals surface area contributed by atoms with Gasteiger partial charge < -0.3 is 24.6 Å². The average molecular weight is 355 g/mol. The van der Waals surface area contributed by atoms with Gasteiger partial charge in [0.1, 0.15) is 5.82 Å². The van der Waals surface area contributed by atoms with E-state index in [-0.39, 0.29) is 6.61 Å². The first-order valence-electron chi connectivity index (χ1n) is 8.13. The molecule has 0 radical (unpaired) electrons. The third-order valence-corrected chi connectivity index (χ3v) is 3.93. The van der Waals surface area contributed by atoms with E-state index in [4.69, 9.17) is 19.3 Å². The van der Waals surface area contributed by atoms with Crippen molar-refractivity contribution in [2.24, 2.45) is 0 Å². The van der Waals surface area contributed by atoms with Crippen LogP contribution in [0.25, 0.3) is 22.3 Å². The number of benzene rings is 2. The molecule has 0 bridgehead atoms. The Balaban J connectivity index is 2.18. The highest BCUT2D eigenvalue weighted by Gasteiger charge is 2.17. The van der Waals surface area contributed by atoms with Crippen LogP contribution in [-0.4, -0.2) is 49.6 Å². The number of anilines is 1. The maximum Gasteiger partial charge on any atom is 0.203 e. The van der Waals surface area contributed by atoms with Gasteiger partial charge >= 0.3 is 0 Å². The topological polar surface area (TPSA) is 85.7 Å². The van der Waals surface area contributed by atoms with Crippen molar-refractivity contribution >= 4 is 16.7 Å². The van der Waals surface area contributed by atoms with Crippen molar-refractivity contribution in [2.45, 2.75) is 0 Å². The lowest BCUT2D eigenvalue weighted by Crippen LogP contribution is -2.08. The molecule has 2 aromatic carbocycles. The van der Waals surface area contributed by atoms with Crippen LogP contribution in [0.4, 0.5) is 5.82 Å². The predicted octanol–water partition coefficient (Wildman–Crippen LogP) is 2.73. The summed E-state index contributed by atoms with van der Waals surface area (Å²) in [4.78, 5) is 9.28. The zero-order valence-electron chi connectivity index (χ0n) is 14.9. The minimum absolute atomic E-state index is 0.0118. The van der Waals surface area contributed by atoms with Crippen LogP contribution in [0, 0.1) is 0 Å². The highest BCUT2D eigenvalue weighted by Crippen LogP contribution is 2.41. The molecule has 0 saturated heterocycles. The van der Waals surface area contributed by atoms with E-state index in [9.17, 15) is 0 Å². The van der Waals surface area contributed by atoms with Gasteiger partial charge in [0.25, 0.3) is 0 Å². The Bertz CT molecular complexity index is 889. The molecule has 7 nitrogen and oxygen atoms in total. The molecule has 0 aliphatic rings. The van der Waals surface area contributed by atoms with Crippen LogP contribution in [0.3, 0.4) is 0 Å². The predicted molar refractivity (Wildman–Crippen MR) is 100 cm³/mol. The Hall–Kier alpha value is -3.06. The smallest absolute Gasteiger partial charge is 0.203 e. The molecule has 1 heterocycles. The summed E-state index contributed by atoms with van der Waals surface area (Å²) < 4.78 is 16.2. The molecule has 0 saturated carbocycles. The van der Waals surface area contributed by atoms with Crippen LogP contribution < -0.4 is 19.5 Å². The van der Waals surface area contributed by atoms with Gasteiger partial charge in [-0.1, -0.05) is 12.1 Å². The highest BCUT2D eigenvalue weighted by atomic mass is 16.5.